The highest BCUT2D eigenvalue weighted by molar-refractivity contribution is 14.0. The molecule has 1 aliphatic heterocycles. The fraction of sp³-hybridized carbons (Fsp3) is 0.316. The van der Waals surface area contributed by atoms with Gasteiger partial charge in [0.1, 0.15) is 11.6 Å². The first-order chi connectivity index (χ1) is 13.0. The van der Waals surface area contributed by atoms with E-state index >= 15 is 0 Å². The number of hydrogen-bond acceptors (Lipinski definition) is 3. The van der Waals surface area contributed by atoms with Crippen molar-refractivity contribution in [3.8, 4) is 0 Å². The van der Waals surface area contributed by atoms with Crippen molar-refractivity contribution in [2.45, 2.75) is 6.04 Å². The van der Waals surface area contributed by atoms with Crippen molar-refractivity contribution in [1.29, 1.82) is 0 Å². The van der Waals surface area contributed by atoms with E-state index < -0.39 is 11.6 Å². The molecule has 0 spiro atoms. The minimum absolute atomic E-state index is 0. The zero-order valence-corrected chi connectivity index (χ0v) is 18.2. The van der Waals surface area contributed by atoms with Crippen LogP contribution in [0.5, 0.6) is 0 Å². The Labute approximate surface area is 184 Å². The number of nitrogens with one attached hydrogen (secondary N) is 1. The Morgan fingerprint density at radius 2 is 1.86 bits per heavy atom. The molecule has 0 saturated carbocycles. The van der Waals surface area contributed by atoms with Crippen LogP contribution in [0.15, 0.2) is 47.5 Å². The third kappa shape index (κ3) is 6.26. The van der Waals surface area contributed by atoms with Gasteiger partial charge in [0.25, 0.3) is 0 Å². The number of anilines is 1. The van der Waals surface area contributed by atoms with E-state index in [0.29, 0.717) is 24.8 Å². The Balaban J connectivity index is 0.00000280. The number of morpholine rings is 1. The summed E-state index contributed by atoms with van der Waals surface area (Å²) in [5.41, 5.74) is 6.89. The number of guanidine groups is 1. The summed E-state index contributed by atoms with van der Waals surface area (Å²) in [5, 5.41) is 3.28. The van der Waals surface area contributed by atoms with Crippen molar-refractivity contribution >= 4 is 47.2 Å². The van der Waals surface area contributed by atoms with Crippen molar-refractivity contribution in [2.75, 3.05) is 38.2 Å². The fourth-order valence-electron chi connectivity index (χ4n) is 2.96. The number of hydrogen-bond donors (Lipinski definition) is 2. The van der Waals surface area contributed by atoms with E-state index in [0.717, 1.165) is 36.9 Å². The molecule has 2 aromatic carbocycles. The third-order valence-corrected chi connectivity index (χ3v) is 4.62. The van der Waals surface area contributed by atoms with Crippen LogP contribution in [0.1, 0.15) is 11.6 Å². The molecule has 152 valence electrons. The minimum Gasteiger partial charge on any atom is -0.379 e. The van der Waals surface area contributed by atoms with Crippen LogP contribution in [0.2, 0.25) is 5.02 Å². The number of benzene rings is 2. The van der Waals surface area contributed by atoms with Gasteiger partial charge in [0.2, 0.25) is 0 Å². The maximum atomic E-state index is 13.7. The van der Waals surface area contributed by atoms with Gasteiger partial charge in [-0.15, -0.1) is 24.0 Å². The van der Waals surface area contributed by atoms with Gasteiger partial charge in [-0.1, -0.05) is 23.7 Å². The summed E-state index contributed by atoms with van der Waals surface area (Å²) in [4.78, 5) is 6.60. The average molecular weight is 523 g/mol. The van der Waals surface area contributed by atoms with E-state index in [1.807, 2.05) is 24.3 Å². The van der Waals surface area contributed by atoms with Crippen molar-refractivity contribution in [1.82, 2.24) is 4.90 Å². The predicted octanol–water partition coefficient (Wildman–Crippen LogP) is 4.04. The number of rotatable bonds is 5. The summed E-state index contributed by atoms with van der Waals surface area (Å²) in [6, 6.07) is 10.7. The summed E-state index contributed by atoms with van der Waals surface area (Å²) in [6.07, 6.45) is 0. The van der Waals surface area contributed by atoms with Gasteiger partial charge in [-0.2, -0.15) is 0 Å². The average Bonchev–Trinajstić information content (AvgIpc) is 2.67. The first-order valence-corrected chi connectivity index (χ1v) is 9.00. The van der Waals surface area contributed by atoms with E-state index in [1.165, 1.54) is 0 Å². The zero-order chi connectivity index (χ0) is 19.2. The van der Waals surface area contributed by atoms with Crippen molar-refractivity contribution in [3.05, 3.63) is 64.7 Å². The Morgan fingerprint density at radius 1 is 1.18 bits per heavy atom. The molecule has 1 unspecified atom stereocenters. The fourth-order valence-corrected chi connectivity index (χ4v) is 3.09. The molecular formula is C19H22ClF2IN4O. The largest absolute Gasteiger partial charge is 0.379 e. The second-order valence-corrected chi connectivity index (χ2v) is 6.63. The highest BCUT2D eigenvalue weighted by Gasteiger charge is 2.22. The van der Waals surface area contributed by atoms with Crippen LogP contribution < -0.4 is 11.1 Å². The minimum atomic E-state index is -0.600. The molecule has 3 rings (SSSR count). The Morgan fingerprint density at radius 3 is 2.54 bits per heavy atom. The van der Waals surface area contributed by atoms with Gasteiger partial charge in [-0.3, -0.25) is 9.89 Å². The first kappa shape index (κ1) is 22.8. The molecule has 2 aromatic rings. The Bertz CT molecular complexity index is 801. The SMILES string of the molecule is I.NC(=NCC(c1ccc(Cl)cc1)N1CCOCC1)Nc1cc(F)ccc1F. The maximum Gasteiger partial charge on any atom is 0.193 e. The lowest BCUT2D eigenvalue weighted by Gasteiger charge is -2.34. The van der Waals surface area contributed by atoms with Crippen LogP contribution in [0.4, 0.5) is 14.5 Å². The number of halogens is 4. The topological polar surface area (TPSA) is 62.9 Å². The third-order valence-electron chi connectivity index (χ3n) is 4.37. The van der Waals surface area contributed by atoms with Crippen LogP contribution in [-0.4, -0.2) is 43.7 Å². The highest BCUT2D eigenvalue weighted by Crippen LogP contribution is 2.24. The molecule has 1 aliphatic rings. The smallest absolute Gasteiger partial charge is 0.193 e. The van der Waals surface area contributed by atoms with Crippen molar-refractivity contribution in [2.24, 2.45) is 10.7 Å². The summed E-state index contributed by atoms with van der Waals surface area (Å²) in [6.45, 7) is 3.20. The van der Waals surface area contributed by atoms with Gasteiger partial charge < -0.3 is 15.8 Å². The molecule has 0 aliphatic carbocycles. The molecular weight excluding hydrogens is 501 g/mol. The Kier molecular flexibility index (Phi) is 8.87. The van der Waals surface area contributed by atoms with E-state index in [9.17, 15) is 8.78 Å². The first-order valence-electron chi connectivity index (χ1n) is 8.62. The quantitative estimate of drug-likeness (QED) is 0.354. The normalized spacial score (nSPS) is 16.3. The van der Waals surface area contributed by atoms with Gasteiger partial charge in [-0.05, 0) is 29.8 Å². The summed E-state index contributed by atoms with van der Waals surface area (Å²) in [5.74, 6) is -1.14. The number of aliphatic imine (C=N–C) groups is 1. The molecule has 0 bridgehead atoms. The number of ether oxygens (including phenoxy) is 1. The van der Waals surface area contributed by atoms with Gasteiger partial charge in [0.05, 0.1) is 31.5 Å². The van der Waals surface area contributed by atoms with Crippen LogP contribution in [-0.2, 0) is 4.74 Å². The van der Waals surface area contributed by atoms with Crippen LogP contribution in [0, 0.1) is 11.6 Å². The van der Waals surface area contributed by atoms with Gasteiger partial charge >= 0.3 is 0 Å². The van der Waals surface area contributed by atoms with Crippen LogP contribution in [0.3, 0.4) is 0 Å². The molecule has 28 heavy (non-hydrogen) atoms. The van der Waals surface area contributed by atoms with Crippen LogP contribution in [0.25, 0.3) is 0 Å². The maximum absolute atomic E-state index is 13.7. The second kappa shape index (κ2) is 10.9. The molecule has 0 amide bonds. The lowest BCUT2D eigenvalue weighted by Crippen LogP contribution is -2.40. The van der Waals surface area contributed by atoms with E-state index in [2.05, 4.69) is 15.2 Å². The van der Waals surface area contributed by atoms with Crippen LogP contribution >= 0.6 is 35.6 Å². The molecule has 9 heteroatoms. The summed E-state index contributed by atoms with van der Waals surface area (Å²) in [7, 11) is 0. The molecule has 3 N–H and O–H groups in total. The lowest BCUT2D eigenvalue weighted by atomic mass is 10.0. The van der Waals surface area contributed by atoms with E-state index in [1.54, 1.807) is 0 Å². The number of nitrogens with two attached hydrogens (primary N) is 1. The molecule has 0 aromatic heterocycles. The molecule has 1 saturated heterocycles. The van der Waals surface area contributed by atoms with Gasteiger partial charge in [0.15, 0.2) is 5.96 Å². The molecule has 1 atom stereocenters. The van der Waals surface area contributed by atoms with Gasteiger partial charge in [0, 0.05) is 24.2 Å². The summed E-state index contributed by atoms with van der Waals surface area (Å²) < 4.78 is 32.5. The molecule has 1 heterocycles. The second-order valence-electron chi connectivity index (χ2n) is 6.19. The standard InChI is InChI=1S/C19H21ClF2N4O.HI/c20-14-3-1-13(2-4-14)18(26-7-9-27-10-8-26)12-24-19(23)25-17-11-15(21)5-6-16(17)22;/h1-6,11,18H,7-10,12H2,(H3,23,24,25);1H. The molecule has 1 fully saturated rings. The van der Waals surface area contributed by atoms with E-state index in [4.69, 9.17) is 22.1 Å². The van der Waals surface area contributed by atoms with Gasteiger partial charge in [-0.25, -0.2) is 8.78 Å². The molecule has 5 nitrogen and oxygen atoms in total. The predicted molar refractivity (Wildman–Crippen MR) is 118 cm³/mol. The monoisotopic (exact) mass is 522 g/mol. The number of nitrogens with zero attached hydrogens (tertiary/aromatic N) is 2. The van der Waals surface area contributed by atoms with E-state index in [-0.39, 0.29) is 41.7 Å². The van der Waals surface area contributed by atoms with Crippen molar-refractivity contribution < 1.29 is 13.5 Å². The zero-order valence-electron chi connectivity index (χ0n) is 15.1. The highest BCUT2D eigenvalue weighted by atomic mass is 127. The Hall–Kier alpha value is -1.49. The lowest BCUT2D eigenvalue weighted by molar-refractivity contribution is 0.0180. The van der Waals surface area contributed by atoms with Crippen molar-refractivity contribution in [3.63, 3.8) is 0 Å². The molecule has 0 radical (unpaired) electrons. The summed E-state index contributed by atoms with van der Waals surface area (Å²) >= 11 is 5.99.